The zero-order chi connectivity index (χ0) is 15.4. The van der Waals surface area contributed by atoms with Gasteiger partial charge in [-0.1, -0.05) is 13.8 Å². The first-order valence-electron chi connectivity index (χ1n) is 7.20. The van der Waals surface area contributed by atoms with Crippen LogP contribution in [0, 0.1) is 17.6 Å². The molecule has 1 heterocycles. The van der Waals surface area contributed by atoms with Gasteiger partial charge in [-0.2, -0.15) is 4.39 Å². The molecule has 1 aliphatic rings. The quantitative estimate of drug-likeness (QED) is 0.754. The summed E-state index contributed by atoms with van der Waals surface area (Å²) in [5, 5.41) is 0. The monoisotopic (exact) mass is 297 g/mol. The lowest BCUT2D eigenvalue weighted by molar-refractivity contribution is 0.170. The normalized spacial score (nSPS) is 17.1. The van der Waals surface area contributed by atoms with Gasteiger partial charge in [0.05, 0.1) is 12.6 Å². The summed E-state index contributed by atoms with van der Waals surface area (Å²) in [6, 6.07) is 1.70. The molecular weight excluding hydrogens is 276 g/mol. The van der Waals surface area contributed by atoms with E-state index in [4.69, 9.17) is 9.47 Å². The third-order valence-corrected chi connectivity index (χ3v) is 3.64. The van der Waals surface area contributed by atoms with E-state index in [1.165, 1.54) is 6.21 Å². The largest absolute Gasteiger partial charge is 0.490 e. The molecule has 1 aromatic rings. The molecular formula is C16H21F2NO2. The maximum atomic E-state index is 14.1. The molecule has 2 rings (SSSR count). The van der Waals surface area contributed by atoms with Crippen molar-refractivity contribution in [1.82, 2.24) is 0 Å². The Morgan fingerprint density at radius 2 is 2.05 bits per heavy atom. The van der Waals surface area contributed by atoms with Crippen molar-refractivity contribution in [3.63, 3.8) is 0 Å². The number of nitrogens with zero attached hydrogens (tertiary/aromatic N) is 1. The molecule has 0 spiro atoms. The highest BCUT2D eigenvalue weighted by Crippen LogP contribution is 2.30. The van der Waals surface area contributed by atoms with Crippen LogP contribution in [0.5, 0.6) is 5.75 Å². The van der Waals surface area contributed by atoms with E-state index >= 15 is 0 Å². The molecule has 0 N–H and O–H groups in total. The highest BCUT2D eigenvalue weighted by molar-refractivity contribution is 5.84. The van der Waals surface area contributed by atoms with Gasteiger partial charge in [0.1, 0.15) is 0 Å². The Hall–Kier alpha value is -1.49. The van der Waals surface area contributed by atoms with Crippen LogP contribution in [0.25, 0.3) is 0 Å². The number of fused-ring (bicyclic) bond motifs is 1. The van der Waals surface area contributed by atoms with Crippen molar-refractivity contribution >= 4 is 6.21 Å². The Morgan fingerprint density at radius 3 is 2.71 bits per heavy atom. The first-order valence-corrected chi connectivity index (χ1v) is 7.20. The second-order valence-electron chi connectivity index (χ2n) is 5.56. The van der Waals surface area contributed by atoms with Gasteiger partial charge in [0.25, 0.3) is 0 Å². The average molecular weight is 297 g/mol. The molecule has 21 heavy (non-hydrogen) atoms. The molecule has 0 fully saturated rings. The maximum absolute atomic E-state index is 14.1. The van der Waals surface area contributed by atoms with Crippen LogP contribution in [0.3, 0.4) is 0 Å². The first kappa shape index (κ1) is 15.9. The van der Waals surface area contributed by atoms with E-state index in [1.807, 2.05) is 0 Å². The summed E-state index contributed by atoms with van der Waals surface area (Å²) in [7, 11) is 1.59. The van der Waals surface area contributed by atoms with Gasteiger partial charge in [0, 0.05) is 31.9 Å². The van der Waals surface area contributed by atoms with Crippen LogP contribution in [-0.4, -0.2) is 32.6 Å². The van der Waals surface area contributed by atoms with Crippen molar-refractivity contribution in [1.29, 1.82) is 0 Å². The lowest BCUT2D eigenvalue weighted by Crippen LogP contribution is -2.22. The van der Waals surface area contributed by atoms with Crippen LogP contribution in [-0.2, 0) is 11.2 Å². The zero-order valence-electron chi connectivity index (χ0n) is 12.7. The van der Waals surface area contributed by atoms with Gasteiger partial charge in [-0.05, 0) is 24.0 Å². The molecule has 0 aliphatic carbocycles. The minimum atomic E-state index is -0.944. The van der Waals surface area contributed by atoms with Crippen molar-refractivity contribution in [2.24, 2.45) is 10.9 Å². The van der Waals surface area contributed by atoms with E-state index in [-0.39, 0.29) is 17.4 Å². The molecule has 0 amide bonds. The van der Waals surface area contributed by atoms with E-state index in [1.54, 1.807) is 13.2 Å². The molecule has 1 aromatic carbocycles. The number of hydrogen-bond acceptors (Lipinski definition) is 3. The molecule has 1 aliphatic heterocycles. The third kappa shape index (κ3) is 3.59. The second kappa shape index (κ2) is 6.98. The Bertz CT molecular complexity index is 529. The first-order chi connectivity index (χ1) is 10.0. The Balaban J connectivity index is 2.20. The Morgan fingerprint density at radius 1 is 1.29 bits per heavy atom. The summed E-state index contributed by atoms with van der Waals surface area (Å²) >= 11 is 0. The summed E-state index contributed by atoms with van der Waals surface area (Å²) in [6.07, 6.45) is 2.68. The third-order valence-electron chi connectivity index (χ3n) is 3.64. The fraction of sp³-hybridized carbons (Fsp3) is 0.562. The number of halogens is 2. The predicted molar refractivity (Wildman–Crippen MR) is 78.3 cm³/mol. The van der Waals surface area contributed by atoms with Crippen LogP contribution >= 0.6 is 0 Å². The van der Waals surface area contributed by atoms with Crippen LogP contribution in [0.2, 0.25) is 0 Å². The minimum absolute atomic E-state index is 0.0276. The van der Waals surface area contributed by atoms with Gasteiger partial charge in [-0.3, -0.25) is 4.99 Å². The van der Waals surface area contributed by atoms with Gasteiger partial charge in [-0.15, -0.1) is 0 Å². The molecule has 0 aromatic heterocycles. The van der Waals surface area contributed by atoms with Gasteiger partial charge in [0.15, 0.2) is 11.6 Å². The number of benzene rings is 1. The zero-order valence-corrected chi connectivity index (χ0v) is 12.7. The number of methoxy groups -OCH3 is 1. The summed E-state index contributed by atoms with van der Waals surface area (Å²) in [5.74, 6) is -1.49. The average Bonchev–Trinajstić information content (AvgIpc) is 2.47. The van der Waals surface area contributed by atoms with Gasteiger partial charge in [0.2, 0.25) is 5.82 Å². The van der Waals surface area contributed by atoms with Gasteiger partial charge < -0.3 is 9.47 Å². The summed E-state index contributed by atoms with van der Waals surface area (Å²) < 4.78 is 38.3. The molecule has 0 bridgehead atoms. The standard InChI is InChI=1S/C16H21F2NO2/c1-10(2)13-7-11-8-14(21-6-4-5-20-3)16(18)15(17)12(11)9-19-13/h8-10,13H,4-7H2,1-3H3. The minimum Gasteiger partial charge on any atom is -0.490 e. The molecule has 0 radical (unpaired) electrons. The van der Waals surface area contributed by atoms with Crippen molar-refractivity contribution in [3.05, 3.63) is 28.8 Å². The molecule has 3 nitrogen and oxygen atoms in total. The molecule has 5 heteroatoms. The molecule has 1 unspecified atom stereocenters. The maximum Gasteiger partial charge on any atom is 0.201 e. The number of ether oxygens (including phenoxy) is 2. The lowest BCUT2D eigenvalue weighted by atomic mass is 9.91. The molecule has 0 saturated heterocycles. The molecule has 0 saturated carbocycles. The number of aliphatic imine (C=N–C) groups is 1. The number of rotatable bonds is 6. The van der Waals surface area contributed by atoms with Crippen molar-refractivity contribution < 1.29 is 18.3 Å². The van der Waals surface area contributed by atoms with E-state index in [9.17, 15) is 8.78 Å². The summed E-state index contributed by atoms with van der Waals surface area (Å²) in [6.45, 7) is 4.95. The molecule has 1 atom stereocenters. The lowest BCUT2D eigenvalue weighted by Gasteiger charge is -2.23. The van der Waals surface area contributed by atoms with Crippen molar-refractivity contribution in [2.45, 2.75) is 32.7 Å². The fourth-order valence-corrected chi connectivity index (χ4v) is 2.32. The van der Waals surface area contributed by atoms with Gasteiger partial charge in [-0.25, -0.2) is 4.39 Å². The Labute approximate surface area is 124 Å². The van der Waals surface area contributed by atoms with Crippen LogP contribution in [0.15, 0.2) is 11.1 Å². The number of hydrogen-bond donors (Lipinski definition) is 0. The molecule has 116 valence electrons. The van der Waals surface area contributed by atoms with Gasteiger partial charge >= 0.3 is 0 Å². The SMILES string of the molecule is COCCCOc1cc2c(c(F)c1F)C=NC(C(C)C)C2. The topological polar surface area (TPSA) is 30.8 Å². The fourth-order valence-electron chi connectivity index (χ4n) is 2.32. The van der Waals surface area contributed by atoms with E-state index in [2.05, 4.69) is 18.8 Å². The Kier molecular flexibility index (Phi) is 5.28. The van der Waals surface area contributed by atoms with E-state index in [0.717, 1.165) is 5.56 Å². The van der Waals surface area contributed by atoms with Crippen LogP contribution in [0.4, 0.5) is 8.78 Å². The highest BCUT2D eigenvalue weighted by atomic mass is 19.2. The smallest absolute Gasteiger partial charge is 0.201 e. The van der Waals surface area contributed by atoms with Crippen molar-refractivity contribution in [3.8, 4) is 5.75 Å². The van der Waals surface area contributed by atoms with Crippen molar-refractivity contribution in [2.75, 3.05) is 20.3 Å². The highest BCUT2D eigenvalue weighted by Gasteiger charge is 2.24. The van der Waals surface area contributed by atoms with E-state index in [0.29, 0.717) is 32.0 Å². The summed E-state index contributed by atoms with van der Waals surface area (Å²) in [5.41, 5.74) is 0.998. The van der Waals surface area contributed by atoms with E-state index < -0.39 is 11.6 Å². The van der Waals surface area contributed by atoms with Crippen LogP contribution in [0.1, 0.15) is 31.4 Å². The predicted octanol–water partition coefficient (Wildman–Crippen LogP) is 3.38. The second-order valence-corrected chi connectivity index (χ2v) is 5.56. The van der Waals surface area contributed by atoms with Crippen LogP contribution < -0.4 is 4.74 Å². The summed E-state index contributed by atoms with van der Waals surface area (Å²) in [4.78, 5) is 4.30.